The maximum absolute atomic E-state index is 14.0. The van der Waals surface area contributed by atoms with Gasteiger partial charge in [0.05, 0.1) is 6.10 Å². The van der Waals surface area contributed by atoms with Gasteiger partial charge in [-0.15, -0.1) is 0 Å². The molecule has 0 amide bonds. The van der Waals surface area contributed by atoms with Gasteiger partial charge in [-0.3, -0.25) is 9.69 Å². The van der Waals surface area contributed by atoms with Crippen LogP contribution in [0.4, 0.5) is 13.2 Å². The first-order chi connectivity index (χ1) is 18.2. The van der Waals surface area contributed by atoms with Crippen molar-refractivity contribution in [3.63, 3.8) is 0 Å². The van der Waals surface area contributed by atoms with E-state index in [1.165, 1.54) is 12.1 Å². The SMILES string of the molecule is O=C(O)[C@H]1CCCCN1CC(O)c1ccc(-c2noc(-c3onc(-c4ccccc4)c3C(F)(F)F)n2)cc1. The molecule has 0 saturated carbocycles. The summed E-state index contributed by atoms with van der Waals surface area (Å²) < 4.78 is 52.0. The number of hydrogen-bond acceptors (Lipinski definition) is 8. The summed E-state index contributed by atoms with van der Waals surface area (Å²) in [5.74, 6) is -2.04. The van der Waals surface area contributed by atoms with Gasteiger partial charge in [0, 0.05) is 17.7 Å². The average Bonchev–Trinajstić information content (AvgIpc) is 3.57. The minimum absolute atomic E-state index is 0.0220. The van der Waals surface area contributed by atoms with E-state index in [1.54, 1.807) is 47.4 Å². The van der Waals surface area contributed by atoms with Crippen molar-refractivity contribution in [3.8, 4) is 34.3 Å². The number of carboxylic acid groups (broad SMARTS) is 1. The summed E-state index contributed by atoms with van der Waals surface area (Å²) >= 11 is 0. The number of aromatic nitrogens is 3. The van der Waals surface area contributed by atoms with Gasteiger partial charge >= 0.3 is 12.1 Å². The van der Waals surface area contributed by atoms with Crippen molar-refractivity contribution in [3.05, 3.63) is 65.7 Å². The Balaban J connectivity index is 1.36. The molecule has 2 N–H and O–H groups in total. The van der Waals surface area contributed by atoms with Gasteiger partial charge in [-0.25, -0.2) is 0 Å². The van der Waals surface area contributed by atoms with E-state index in [1.807, 2.05) is 0 Å². The maximum atomic E-state index is 14.0. The number of aliphatic carboxylic acids is 1. The molecule has 38 heavy (non-hydrogen) atoms. The number of hydrogen-bond donors (Lipinski definition) is 2. The van der Waals surface area contributed by atoms with Gasteiger partial charge in [0.1, 0.15) is 17.3 Å². The fourth-order valence-electron chi connectivity index (χ4n) is 4.60. The summed E-state index contributed by atoms with van der Waals surface area (Å²) in [5.41, 5.74) is -0.286. The average molecular weight is 528 g/mol. The highest BCUT2D eigenvalue weighted by Crippen LogP contribution is 2.43. The van der Waals surface area contributed by atoms with Gasteiger partial charge in [-0.2, -0.15) is 18.2 Å². The molecule has 1 unspecified atom stereocenters. The van der Waals surface area contributed by atoms with Gasteiger partial charge in [0.2, 0.25) is 11.6 Å². The van der Waals surface area contributed by atoms with Crippen LogP contribution in [0.1, 0.15) is 36.5 Å². The summed E-state index contributed by atoms with van der Waals surface area (Å²) in [4.78, 5) is 17.4. The Bertz CT molecular complexity index is 1400. The summed E-state index contributed by atoms with van der Waals surface area (Å²) in [6.07, 6.45) is -3.48. The molecule has 2 atom stereocenters. The van der Waals surface area contributed by atoms with Gasteiger partial charge in [0.25, 0.3) is 5.89 Å². The lowest BCUT2D eigenvalue weighted by Crippen LogP contribution is -2.46. The van der Waals surface area contributed by atoms with Crippen molar-refractivity contribution in [2.24, 2.45) is 0 Å². The molecule has 0 spiro atoms. The highest BCUT2D eigenvalue weighted by Gasteiger charge is 2.43. The second-order valence-electron chi connectivity index (χ2n) is 9.00. The molecular weight excluding hydrogens is 505 g/mol. The molecule has 2 aromatic carbocycles. The van der Waals surface area contributed by atoms with E-state index in [0.29, 0.717) is 24.1 Å². The van der Waals surface area contributed by atoms with Crippen molar-refractivity contribution in [2.75, 3.05) is 13.1 Å². The zero-order valence-electron chi connectivity index (χ0n) is 19.9. The van der Waals surface area contributed by atoms with Crippen LogP contribution in [0.5, 0.6) is 0 Å². The molecule has 0 radical (unpaired) electrons. The minimum Gasteiger partial charge on any atom is -0.480 e. The third kappa shape index (κ3) is 5.18. The lowest BCUT2D eigenvalue weighted by molar-refractivity contribution is -0.145. The summed E-state index contributed by atoms with van der Waals surface area (Å²) in [6, 6.07) is 13.6. The quantitative estimate of drug-likeness (QED) is 0.339. The van der Waals surface area contributed by atoms with E-state index in [2.05, 4.69) is 15.3 Å². The Morgan fingerprint density at radius 2 is 1.76 bits per heavy atom. The molecule has 12 heteroatoms. The van der Waals surface area contributed by atoms with E-state index in [-0.39, 0.29) is 23.6 Å². The summed E-state index contributed by atoms with van der Waals surface area (Å²) in [7, 11) is 0. The van der Waals surface area contributed by atoms with Crippen molar-refractivity contribution in [1.82, 2.24) is 20.2 Å². The summed E-state index contributed by atoms with van der Waals surface area (Å²) in [5, 5.41) is 27.5. The second kappa shape index (κ2) is 10.4. The number of likely N-dealkylation sites (tertiary alicyclic amines) is 1. The number of nitrogens with zero attached hydrogens (tertiary/aromatic N) is 4. The normalized spacial score (nSPS) is 17.4. The highest BCUT2D eigenvalue weighted by atomic mass is 19.4. The van der Waals surface area contributed by atoms with Crippen LogP contribution in [-0.4, -0.2) is 55.5 Å². The standard InChI is InChI=1S/C26H23F3N4O5/c27-26(28,29)20-21(16-6-2-1-3-7-16)31-37-22(20)24-30-23(32-38-24)17-11-9-15(10-12-17)19(34)14-33-13-5-4-8-18(33)25(35)36/h1-3,6-7,9-12,18-19,34H,4-5,8,13-14H2,(H,35,36)/t18-,19?/m1/s1. The Morgan fingerprint density at radius 1 is 1.03 bits per heavy atom. The molecular formula is C26H23F3N4O5. The largest absolute Gasteiger partial charge is 0.480 e. The number of aliphatic hydroxyl groups excluding tert-OH is 1. The third-order valence-electron chi connectivity index (χ3n) is 6.50. The van der Waals surface area contributed by atoms with Crippen LogP contribution < -0.4 is 0 Å². The molecule has 3 heterocycles. The van der Waals surface area contributed by atoms with Crippen LogP contribution in [0.15, 0.2) is 63.6 Å². The van der Waals surface area contributed by atoms with E-state index in [0.717, 1.165) is 12.8 Å². The van der Waals surface area contributed by atoms with Crippen LogP contribution >= 0.6 is 0 Å². The van der Waals surface area contributed by atoms with Crippen LogP contribution in [0, 0.1) is 0 Å². The second-order valence-corrected chi connectivity index (χ2v) is 9.00. The zero-order chi connectivity index (χ0) is 26.9. The predicted molar refractivity (Wildman–Crippen MR) is 127 cm³/mol. The molecule has 9 nitrogen and oxygen atoms in total. The van der Waals surface area contributed by atoms with Gasteiger partial charge in [-0.05, 0) is 24.9 Å². The van der Waals surface area contributed by atoms with Crippen LogP contribution in [0.2, 0.25) is 0 Å². The number of rotatable bonds is 7. The monoisotopic (exact) mass is 528 g/mol. The fourth-order valence-corrected chi connectivity index (χ4v) is 4.60. The topological polar surface area (TPSA) is 126 Å². The van der Waals surface area contributed by atoms with E-state index in [9.17, 15) is 28.2 Å². The van der Waals surface area contributed by atoms with Crippen LogP contribution in [0.3, 0.4) is 0 Å². The first-order valence-corrected chi connectivity index (χ1v) is 11.9. The summed E-state index contributed by atoms with van der Waals surface area (Å²) in [6.45, 7) is 0.753. The molecule has 1 aliphatic heterocycles. The van der Waals surface area contributed by atoms with Crippen molar-refractivity contribution >= 4 is 5.97 Å². The number of carboxylic acids is 1. The number of β-amino-alcohol motifs (C(OH)–C–C–N with tert-alkyl or cyclic N) is 1. The first kappa shape index (κ1) is 25.6. The molecule has 1 aliphatic rings. The molecule has 198 valence electrons. The Labute approximate surface area is 214 Å². The van der Waals surface area contributed by atoms with Gasteiger partial charge < -0.3 is 19.3 Å². The van der Waals surface area contributed by atoms with Crippen molar-refractivity contribution in [2.45, 2.75) is 37.6 Å². The van der Waals surface area contributed by atoms with E-state index in [4.69, 9.17) is 9.05 Å². The first-order valence-electron chi connectivity index (χ1n) is 11.9. The molecule has 1 saturated heterocycles. The number of piperidine rings is 1. The number of benzene rings is 2. The minimum atomic E-state index is -4.79. The molecule has 5 rings (SSSR count). The third-order valence-corrected chi connectivity index (χ3v) is 6.50. The molecule has 1 fully saturated rings. The Hall–Kier alpha value is -4.03. The molecule has 2 aromatic heterocycles. The Kier molecular flexibility index (Phi) is 7.00. The van der Waals surface area contributed by atoms with Crippen LogP contribution in [-0.2, 0) is 11.0 Å². The molecule has 4 aromatic rings. The zero-order valence-corrected chi connectivity index (χ0v) is 19.9. The maximum Gasteiger partial charge on any atom is 0.422 e. The van der Waals surface area contributed by atoms with E-state index < -0.39 is 41.5 Å². The van der Waals surface area contributed by atoms with Crippen molar-refractivity contribution < 1.29 is 37.2 Å². The number of alkyl halides is 3. The van der Waals surface area contributed by atoms with Crippen molar-refractivity contribution in [1.29, 1.82) is 0 Å². The van der Waals surface area contributed by atoms with Crippen LogP contribution in [0.25, 0.3) is 34.3 Å². The number of carbonyl (C=O) groups is 1. The van der Waals surface area contributed by atoms with Gasteiger partial charge in [0.15, 0.2) is 0 Å². The van der Waals surface area contributed by atoms with E-state index >= 15 is 0 Å². The molecule has 0 aliphatic carbocycles. The number of halogens is 3. The number of aliphatic hydroxyl groups is 1. The smallest absolute Gasteiger partial charge is 0.422 e. The predicted octanol–water partition coefficient (Wildman–Crippen LogP) is 5.05. The fraction of sp³-hybridized carbons (Fsp3) is 0.308. The lowest BCUT2D eigenvalue weighted by Gasteiger charge is -2.34. The Morgan fingerprint density at radius 3 is 2.45 bits per heavy atom. The molecule has 0 bridgehead atoms. The lowest BCUT2D eigenvalue weighted by atomic mass is 10.00. The highest BCUT2D eigenvalue weighted by molar-refractivity contribution is 5.73. The van der Waals surface area contributed by atoms with Gasteiger partial charge in [-0.1, -0.05) is 71.3 Å².